The van der Waals surface area contributed by atoms with Gasteiger partial charge in [0.25, 0.3) is 6.47 Å². The number of ketones is 3. The van der Waals surface area contributed by atoms with E-state index in [9.17, 15) is 58.2 Å². The summed E-state index contributed by atoms with van der Waals surface area (Å²) in [6.45, 7) is 1.16. The molecule has 2 aromatic carbocycles. The van der Waals surface area contributed by atoms with E-state index in [4.69, 9.17) is 33.5 Å². The number of carboxylic acids is 3. The number of nitrogens with one attached hydrogen (secondary N) is 5. The Morgan fingerprint density at radius 1 is 0.686 bits per heavy atom. The van der Waals surface area contributed by atoms with Gasteiger partial charge in [0, 0.05) is 51.0 Å². The number of unbranched alkanes of at least 4 members (excludes halogenated alkanes) is 5. The summed E-state index contributed by atoms with van der Waals surface area (Å²) in [4.78, 5) is 124. The molecule has 6 atom stereocenters. The third-order valence-corrected chi connectivity index (χ3v) is 11.4. The Morgan fingerprint density at radius 2 is 1.27 bits per heavy atom. The zero-order valence-corrected chi connectivity index (χ0v) is 40.2. The van der Waals surface area contributed by atoms with E-state index >= 15 is 0 Å². The lowest BCUT2D eigenvalue weighted by molar-refractivity contribution is -0.150. The van der Waals surface area contributed by atoms with Gasteiger partial charge in [0.1, 0.15) is 17.9 Å². The van der Waals surface area contributed by atoms with Gasteiger partial charge in [0.15, 0.2) is 16.7 Å². The van der Waals surface area contributed by atoms with Crippen molar-refractivity contribution in [2.45, 2.75) is 146 Å². The molecular formula is C48H67N7O14S. The molecule has 0 aliphatic rings. The van der Waals surface area contributed by atoms with Gasteiger partial charge in [0.05, 0.1) is 24.9 Å². The molecule has 22 heteroatoms. The number of benzene rings is 2. The number of aliphatic carboxylic acids is 3. The maximum absolute atomic E-state index is 14.1. The zero-order chi connectivity index (χ0) is 52.1. The lowest BCUT2D eigenvalue weighted by Gasteiger charge is -2.30. The number of ether oxygens (including phenoxy) is 1. The Balaban J connectivity index is 1.91. The number of carboxylic acid groups (broad SMARTS) is 3. The van der Waals surface area contributed by atoms with Crippen LogP contribution in [0.25, 0.3) is 0 Å². The third-order valence-electron chi connectivity index (χ3n) is 11.1. The Bertz CT molecular complexity index is 2080. The number of hydrogen-bond donors (Lipinski definition) is 10. The standard InChI is InChI=1S/C48H67N7O14S/c1-2-39(58)38(28-43(63)64)53-45(66)35(49)29-51-44(65)33(25-31-15-9-7-10-16-31)27-40(59)37(26-32-17-11-8-12-18-32)52-41(60)20-14-6-4-3-5-13-19-34(57)21-22-36(46(67)68)54-47(70)55-48(50,69-30-56)24-23-42(61)62/h7-12,15-18,30,33,35-38H,2-6,13-14,19-29,49-50H2,1H3,(H,51,65)(H,52,60)(H,53,66)(H,61,62)(H,63,64)(H,67,68)(H2,54,55,70)/t33-,35+,36+,37+,38+,48+/m1/s1. The number of carbonyl (C=O) groups excluding carboxylic acids is 7. The molecule has 0 spiro atoms. The number of hydrogen-bond acceptors (Lipinski definition) is 14. The minimum Gasteiger partial charge on any atom is -0.481 e. The van der Waals surface area contributed by atoms with Gasteiger partial charge in [-0.25, -0.2) is 4.79 Å². The topological polar surface area (TPSA) is 353 Å². The Hall–Kier alpha value is -6.65. The van der Waals surface area contributed by atoms with E-state index in [-0.39, 0.29) is 93.4 Å². The quantitative estimate of drug-likeness (QED) is 0.0200. The summed E-state index contributed by atoms with van der Waals surface area (Å²) in [6.07, 6.45) is 2.83. The molecule has 2 rings (SSSR count). The Morgan fingerprint density at radius 3 is 1.83 bits per heavy atom. The van der Waals surface area contributed by atoms with Gasteiger partial charge < -0.3 is 52.4 Å². The van der Waals surface area contributed by atoms with Crippen molar-refractivity contribution in [1.82, 2.24) is 26.6 Å². The average molecular weight is 998 g/mol. The SMILES string of the molecule is CCC(=O)[C@H](CC(=O)O)NC(=O)[C@@H](N)CNC(=O)[C@@H](CC(=O)[C@H](Cc1ccccc1)NC(=O)CCCCCCCCC(=O)CC[C@H](NC(=S)N[C@@](N)(CCC(=O)O)OC=O)C(=O)O)Cc1ccccc1. The normalized spacial score (nSPS) is 13.9. The molecule has 0 bridgehead atoms. The van der Waals surface area contributed by atoms with Crippen LogP contribution in [0, 0.1) is 5.92 Å². The number of Topliss-reactive ketones (excluding diaryl/α,β-unsaturated/α-hetero) is 3. The first-order chi connectivity index (χ1) is 33.2. The molecule has 0 fully saturated rings. The highest BCUT2D eigenvalue weighted by Crippen LogP contribution is 2.18. The van der Waals surface area contributed by atoms with Crippen LogP contribution in [0.1, 0.15) is 114 Å². The maximum atomic E-state index is 14.1. The molecule has 0 heterocycles. The lowest BCUT2D eigenvalue weighted by atomic mass is 9.89. The summed E-state index contributed by atoms with van der Waals surface area (Å²) < 4.78 is 4.72. The molecule has 0 saturated carbocycles. The van der Waals surface area contributed by atoms with Crippen LogP contribution in [0.2, 0.25) is 0 Å². The molecule has 3 amide bonds. The second-order valence-electron chi connectivity index (χ2n) is 16.9. The fraction of sp³-hybridized carbons (Fsp3) is 0.521. The smallest absolute Gasteiger partial charge is 0.326 e. The fourth-order valence-corrected chi connectivity index (χ4v) is 7.53. The predicted molar refractivity (Wildman–Crippen MR) is 258 cm³/mol. The van der Waals surface area contributed by atoms with E-state index in [0.29, 0.717) is 19.3 Å². The molecule has 0 aromatic heterocycles. The van der Waals surface area contributed by atoms with Gasteiger partial charge in [-0.2, -0.15) is 0 Å². The third kappa shape index (κ3) is 24.6. The first-order valence-electron chi connectivity index (χ1n) is 23.2. The summed E-state index contributed by atoms with van der Waals surface area (Å²) in [5.41, 5.74) is 13.4. The molecule has 2 aromatic rings. The maximum Gasteiger partial charge on any atom is 0.326 e. The van der Waals surface area contributed by atoms with Crippen LogP contribution in [-0.4, -0.2) is 116 Å². The van der Waals surface area contributed by atoms with Crippen LogP contribution in [0.5, 0.6) is 0 Å². The van der Waals surface area contributed by atoms with Gasteiger partial charge in [-0.1, -0.05) is 93.3 Å². The molecule has 0 aliphatic carbocycles. The van der Waals surface area contributed by atoms with Crippen LogP contribution in [-0.2, 0) is 65.5 Å². The molecule has 384 valence electrons. The van der Waals surface area contributed by atoms with E-state index < -0.39 is 84.3 Å². The number of thiocarbonyl (C=S) groups is 1. The van der Waals surface area contributed by atoms with Crippen molar-refractivity contribution >= 4 is 76.8 Å². The first kappa shape index (κ1) is 59.5. The monoisotopic (exact) mass is 997 g/mol. The highest BCUT2D eigenvalue weighted by atomic mass is 32.1. The molecule has 21 nitrogen and oxygen atoms in total. The summed E-state index contributed by atoms with van der Waals surface area (Å²) in [5, 5.41) is 40.2. The highest BCUT2D eigenvalue weighted by molar-refractivity contribution is 7.80. The predicted octanol–water partition coefficient (Wildman–Crippen LogP) is 1.95. The van der Waals surface area contributed by atoms with E-state index in [1.807, 2.05) is 30.3 Å². The van der Waals surface area contributed by atoms with Crippen molar-refractivity contribution in [1.29, 1.82) is 0 Å². The van der Waals surface area contributed by atoms with Crippen LogP contribution >= 0.6 is 12.2 Å². The molecular weight excluding hydrogens is 931 g/mol. The number of amides is 3. The summed E-state index contributed by atoms with van der Waals surface area (Å²) in [5.74, 6) is -9.51. The summed E-state index contributed by atoms with van der Waals surface area (Å²) in [7, 11) is 0. The van der Waals surface area contributed by atoms with Crippen molar-refractivity contribution in [2.75, 3.05) is 6.54 Å². The highest BCUT2D eigenvalue weighted by Gasteiger charge is 2.32. The van der Waals surface area contributed by atoms with Gasteiger partial charge in [-0.05, 0) is 55.4 Å². The largest absolute Gasteiger partial charge is 0.481 e. The first-order valence-corrected chi connectivity index (χ1v) is 23.6. The second kappa shape index (κ2) is 32.2. The molecule has 0 unspecified atom stereocenters. The fourth-order valence-electron chi connectivity index (χ4n) is 7.21. The second-order valence-corrected chi connectivity index (χ2v) is 17.3. The van der Waals surface area contributed by atoms with Crippen LogP contribution < -0.4 is 38.1 Å². The average Bonchev–Trinajstić information content (AvgIpc) is 3.31. The Kier molecular flexibility index (Phi) is 27.4. The van der Waals surface area contributed by atoms with E-state index in [0.717, 1.165) is 30.4 Å². The molecule has 0 aliphatic heterocycles. The van der Waals surface area contributed by atoms with Crippen LogP contribution in [0.15, 0.2) is 60.7 Å². The molecule has 12 N–H and O–H groups in total. The Labute approximate surface area is 412 Å². The minimum absolute atomic E-state index is 0.00295. The van der Waals surface area contributed by atoms with Gasteiger partial charge in [-0.3, -0.25) is 48.9 Å². The summed E-state index contributed by atoms with van der Waals surface area (Å²) >= 11 is 5.08. The molecule has 0 radical (unpaired) electrons. The van der Waals surface area contributed by atoms with Gasteiger partial charge >= 0.3 is 17.9 Å². The van der Waals surface area contributed by atoms with Crippen molar-refractivity contribution in [3.63, 3.8) is 0 Å². The summed E-state index contributed by atoms with van der Waals surface area (Å²) in [6, 6.07) is 13.2. The lowest BCUT2D eigenvalue weighted by Crippen LogP contribution is -2.61. The van der Waals surface area contributed by atoms with Crippen molar-refractivity contribution in [3.05, 3.63) is 71.8 Å². The molecule has 70 heavy (non-hydrogen) atoms. The van der Waals surface area contributed by atoms with Crippen LogP contribution in [0.4, 0.5) is 0 Å². The van der Waals surface area contributed by atoms with Crippen molar-refractivity contribution in [2.24, 2.45) is 17.4 Å². The van der Waals surface area contributed by atoms with Gasteiger partial charge in [0.2, 0.25) is 23.6 Å². The van der Waals surface area contributed by atoms with E-state index in [1.54, 1.807) is 30.3 Å². The van der Waals surface area contributed by atoms with Crippen molar-refractivity contribution < 1.29 is 68.0 Å². The zero-order valence-electron chi connectivity index (χ0n) is 39.4. The van der Waals surface area contributed by atoms with E-state index in [1.165, 1.54) is 6.92 Å². The van der Waals surface area contributed by atoms with Crippen LogP contribution in [0.3, 0.4) is 0 Å². The number of rotatable bonds is 37. The van der Waals surface area contributed by atoms with Crippen molar-refractivity contribution in [3.8, 4) is 0 Å². The van der Waals surface area contributed by atoms with E-state index in [2.05, 4.69) is 26.6 Å². The number of nitrogens with two attached hydrogens (primary N) is 2. The van der Waals surface area contributed by atoms with Gasteiger partial charge in [-0.15, -0.1) is 0 Å². The minimum atomic E-state index is -2.00. The number of carbonyl (C=O) groups is 10. The molecule has 0 saturated heterocycles.